The van der Waals surface area contributed by atoms with Gasteiger partial charge >= 0.3 is 7.12 Å². The Morgan fingerprint density at radius 3 is 2.21 bits per heavy atom. The number of ether oxygens (including phenoxy) is 1. The third-order valence-corrected chi connectivity index (χ3v) is 6.00. The van der Waals surface area contributed by atoms with Gasteiger partial charge in [-0.1, -0.05) is 12.1 Å². The van der Waals surface area contributed by atoms with Crippen LogP contribution in [-0.2, 0) is 9.31 Å². The number of nitriles is 1. The van der Waals surface area contributed by atoms with Crippen molar-refractivity contribution in [2.45, 2.75) is 51.7 Å². The number of pyridine rings is 1. The van der Waals surface area contributed by atoms with Gasteiger partial charge in [0.25, 0.3) is 0 Å². The maximum atomic E-state index is 9.39. The van der Waals surface area contributed by atoms with Crippen molar-refractivity contribution in [1.82, 2.24) is 4.98 Å². The summed E-state index contributed by atoms with van der Waals surface area (Å²) in [5, 5.41) is 9.39. The van der Waals surface area contributed by atoms with Gasteiger partial charge in [-0.25, -0.2) is 0 Å². The molecule has 0 saturated carbocycles. The predicted molar refractivity (Wildman–Crippen MR) is 113 cm³/mol. The molecule has 0 unspecified atom stereocenters. The van der Waals surface area contributed by atoms with Gasteiger partial charge in [0.15, 0.2) is 5.82 Å². The summed E-state index contributed by atoms with van der Waals surface area (Å²) in [6.45, 7) is 10.0. The molecule has 0 spiro atoms. The molecule has 0 aliphatic carbocycles. The van der Waals surface area contributed by atoms with E-state index >= 15 is 0 Å². The lowest BCUT2D eigenvalue weighted by Crippen LogP contribution is -2.41. The summed E-state index contributed by atoms with van der Waals surface area (Å²) < 4.78 is 18.1. The fraction of sp³-hybridized carbons (Fsp3) is 0.455. The minimum Gasteiger partial charge on any atom is -0.439 e. The van der Waals surface area contributed by atoms with E-state index in [0.29, 0.717) is 23.0 Å². The average molecular weight is 391 g/mol. The van der Waals surface area contributed by atoms with Crippen LogP contribution in [0.25, 0.3) is 0 Å². The van der Waals surface area contributed by atoms with Crippen molar-refractivity contribution < 1.29 is 14.0 Å². The molecule has 0 N–H and O–H groups in total. The summed E-state index contributed by atoms with van der Waals surface area (Å²) in [5.41, 5.74) is 0.785. The Morgan fingerprint density at radius 1 is 1.00 bits per heavy atom. The monoisotopic (exact) mass is 391 g/mol. The minimum atomic E-state index is -0.399. The molecule has 2 fully saturated rings. The highest BCUT2D eigenvalue weighted by molar-refractivity contribution is 6.62. The zero-order chi connectivity index (χ0) is 20.6. The van der Waals surface area contributed by atoms with E-state index in [1.54, 1.807) is 12.1 Å². The first kappa shape index (κ1) is 19.7. The van der Waals surface area contributed by atoms with Crippen LogP contribution < -0.4 is 15.1 Å². The number of rotatable bonds is 4. The molecule has 2 aromatic rings. The summed E-state index contributed by atoms with van der Waals surface area (Å²) in [7, 11) is -0.399. The zero-order valence-electron chi connectivity index (χ0n) is 17.4. The van der Waals surface area contributed by atoms with Gasteiger partial charge in [-0.15, -0.1) is 0 Å². The van der Waals surface area contributed by atoms with Crippen LogP contribution in [0.2, 0.25) is 0 Å². The number of hydrogen-bond acceptors (Lipinski definition) is 6. The van der Waals surface area contributed by atoms with Crippen LogP contribution in [0, 0.1) is 11.3 Å². The van der Waals surface area contributed by atoms with Gasteiger partial charge in [-0.05, 0) is 64.2 Å². The Balaban J connectivity index is 1.50. The second-order valence-electron chi connectivity index (χ2n) is 8.59. The molecule has 2 saturated heterocycles. The average Bonchev–Trinajstić information content (AvgIpc) is 3.29. The van der Waals surface area contributed by atoms with Gasteiger partial charge in [0, 0.05) is 19.2 Å². The molecule has 0 radical (unpaired) electrons. The Kier molecular flexibility index (Phi) is 5.01. The van der Waals surface area contributed by atoms with Crippen LogP contribution in [0.4, 0.5) is 5.82 Å². The molecule has 2 aliphatic heterocycles. The van der Waals surface area contributed by atoms with Crippen LogP contribution in [-0.4, -0.2) is 36.4 Å². The quantitative estimate of drug-likeness (QED) is 0.742. The standard InChI is InChI=1S/C22H26BN3O3/c1-21(2)22(3,4)29-23(28-21)17-8-10-18(11-9-17)27-19-12-7-16(15-24)20(25-19)26-13-5-6-14-26/h7-12H,5-6,13-14H2,1-4H3. The van der Waals surface area contributed by atoms with Gasteiger partial charge in [0.1, 0.15) is 11.8 Å². The van der Waals surface area contributed by atoms with Gasteiger partial charge < -0.3 is 18.9 Å². The Labute approximate surface area is 172 Å². The number of nitrogens with zero attached hydrogens (tertiary/aromatic N) is 3. The van der Waals surface area contributed by atoms with E-state index in [1.807, 2.05) is 52.0 Å². The molecule has 2 aliphatic rings. The Morgan fingerprint density at radius 2 is 1.62 bits per heavy atom. The van der Waals surface area contributed by atoms with E-state index in [4.69, 9.17) is 14.0 Å². The fourth-order valence-corrected chi connectivity index (χ4v) is 3.54. The molecule has 29 heavy (non-hydrogen) atoms. The predicted octanol–water partition coefficient (Wildman–Crippen LogP) is 3.64. The summed E-state index contributed by atoms with van der Waals surface area (Å²) in [5.74, 6) is 1.86. The molecule has 1 aromatic carbocycles. The van der Waals surface area contributed by atoms with E-state index in [9.17, 15) is 5.26 Å². The molecule has 150 valence electrons. The van der Waals surface area contributed by atoms with Crippen molar-refractivity contribution in [3.63, 3.8) is 0 Å². The van der Waals surface area contributed by atoms with Crippen molar-refractivity contribution in [2.24, 2.45) is 0 Å². The number of anilines is 1. The smallest absolute Gasteiger partial charge is 0.439 e. The molecule has 0 atom stereocenters. The minimum absolute atomic E-state index is 0.370. The zero-order valence-corrected chi connectivity index (χ0v) is 17.4. The molecule has 0 amide bonds. The molecular weight excluding hydrogens is 365 g/mol. The summed E-state index contributed by atoms with van der Waals surface area (Å²) in [6, 6.07) is 13.4. The van der Waals surface area contributed by atoms with E-state index in [-0.39, 0.29) is 11.2 Å². The van der Waals surface area contributed by atoms with Crippen LogP contribution in [0.1, 0.15) is 46.1 Å². The van der Waals surface area contributed by atoms with E-state index in [0.717, 1.165) is 31.4 Å². The highest BCUT2D eigenvalue weighted by atomic mass is 16.7. The van der Waals surface area contributed by atoms with Crippen LogP contribution in [0.15, 0.2) is 36.4 Å². The largest absolute Gasteiger partial charge is 0.494 e. The van der Waals surface area contributed by atoms with Crippen molar-refractivity contribution in [1.29, 1.82) is 5.26 Å². The van der Waals surface area contributed by atoms with Crippen molar-refractivity contribution in [3.8, 4) is 17.7 Å². The summed E-state index contributed by atoms with van der Waals surface area (Å²) in [4.78, 5) is 6.74. The van der Waals surface area contributed by atoms with Crippen molar-refractivity contribution >= 4 is 18.4 Å². The molecule has 7 heteroatoms. The van der Waals surface area contributed by atoms with Crippen LogP contribution in [0.3, 0.4) is 0 Å². The lowest BCUT2D eigenvalue weighted by Gasteiger charge is -2.32. The fourth-order valence-electron chi connectivity index (χ4n) is 3.54. The maximum absolute atomic E-state index is 9.39. The Hall–Kier alpha value is -2.56. The molecule has 6 nitrogen and oxygen atoms in total. The van der Waals surface area contributed by atoms with Crippen LogP contribution in [0.5, 0.6) is 11.6 Å². The molecule has 1 aromatic heterocycles. The van der Waals surface area contributed by atoms with E-state index in [1.165, 1.54) is 0 Å². The first-order chi connectivity index (χ1) is 13.8. The van der Waals surface area contributed by atoms with Crippen molar-refractivity contribution in [2.75, 3.05) is 18.0 Å². The number of benzene rings is 1. The SMILES string of the molecule is CC1(C)OB(c2ccc(Oc3ccc(C#N)c(N4CCCC4)n3)cc2)OC1(C)C. The van der Waals surface area contributed by atoms with Gasteiger partial charge in [0.2, 0.25) is 5.88 Å². The number of hydrogen-bond donors (Lipinski definition) is 0. The van der Waals surface area contributed by atoms with Crippen LogP contribution >= 0.6 is 0 Å². The number of aromatic nitrogens is 1. The third-order valence-electron chi connectivity index (χ3n) is 6.00. The lowest BCUT2D eigenvalue weighted by molar-refractivity contribution is 0.00578. The maximum Gasteiger partial charge on any atom is 0.494 e. The Bertz CT molecular complexity index is 915. The molecule has 3 heterocycles. The lowest BCUT2D eigenvalue weighted by atomic mass is 9.79. The second kappa shape index (κ2) is 7.36. The van der Waals surface area contributed by atoms with Gasteiger partial charge in [-0.3, -0.25) is 0 Å². The molecular formula is C22H26BN3O3. The highest BCUT2D eigenvalue weighted by Gasteiger charge is 2.51. The topological polar surface area (TPSA) is 67.6 Å². The van der Waals surface area contributed by atoms with Crippen molar-refractivity contribution in [3.05, 3.63) is 42.0 Å². The normalized spacial score (nSPS) is 20.0. The first-order valence-corrected chi connectivity index (χ1v) is 10.1. The summed E-state index contributed by atoms with van der Waals surface area (Å²) >= 11 is 0. The molecule has 4 rings (SSSR count). The summed E-state index contributed by atoms with van der Waals surface area (Å²) in [6.07, 6.45) is 2.25. The van der Waals surface area contributed by atoms with Gasteiger partial charge in [-0.2, -0.15) is 10.2 Å². The molecule has 0 bridgehead atoms. The third kappa shape index (κ3) is 3.83. The first-order valence-electron chi connectivity index (χ1n) is 10.1. The van der Waals surface area contributed by atoms with E-state index in [2.05, 4.69) is 16.0 Å². The van der Waals surface area contributed by atoms with E-state index < -0.39 is 7.12 Å². The second-order valence-corrected chi connectivity index (χ2v) is 8.59. The highest BCUT2D eigenvalue weighted by Crippen LogP contribution is 2.36. The van der Waals surface area contributed by atoms with Gasteiger partial charge in [0.05, 0.1) is 16.8 Å².